The SMILES string of the molecule is [CH2]CCC.[CH2]CCC.[CH2]CCC.[CH2]CCC. The van der Waals surface area contributed by atoms with Gasteiger partial charge in [0.1, 0.15) is 0 Å². The molecule has 0 bridgehead atoms. The van der Waals surface area contributed by atoms with Crippen molar-refractivity contribution in [1.29, 1.82) is 0 Å². The number of hydrogen-bond acceptors (Lipinski definition) is 0. The summed E-state index contributed by atoms with van der Waals surface area (Å²) >= 11 is 0. The Morgan fingerprint density at radius 1 is 0.438 bits per heavy atom. The van der Waals surface area contributed by atoms with E-state index in [1.165, 1.54) is 25.7 Å². The van der Waals surface area contributed by atoms with Crippen LogP contribution in [0.25, 0.3) is 0 Å². The molecule has 0 aliphatic heterocycles. The van der Waals surface area contributed by atoms with Crippen LogP contribution >= 0.6 is 0 Å². The van der Waals surface area contributed by atoms with E-state index in [2.05, 4.69) is 55.4 Å². The third kappa shape index (κ3) is 148. The van der Waals surface area contributed by atoms with Crippen LogP contribution in [0.15, 0.2) is 0 Å². The summed E-state index contributed by atoms with van der Waals surface area (Å²) < 4.78 is 0. The molecule has 16 heavy (non-hydrogen) atoms. The van der Waals surface area contributed by atoms with E-state index in [-0.39, 0.29) is 0 Å². The average molecular weight is 228 g/mol. The van der Waals surface area contributed by atoms with Gasteiger partial charge in [-0.1, -0.05) is 107 Å². The summed E-state index contributed by atoms with van der Waals surface area (Å²) in [7, 11) is 0. The van der Waals surface area contributed by atoms with E-state index in [4.69, 9.17) is 0 Å². The molecule has 0 amide bonds. The second kappa shape index (κ2) is 45.9. The smallest absolute Gasteiger partial charge is 0.0533 e. The summed E-state index contributed by atoms with van der Waals surface area (Å²) in [6.07, 6.45) is 9.11. The largest absolute Gasteiger partial charge is 0.0654 e. The maximum absolute atomic E-state index is 3.60. The van der Waals surface area contributed by atoms with Gasteiger partial charge in [-0.3, -0.25) is 0 Å². The molecule has 0 saturated heterocycles. The van der Waals surface area contributed by atoms with E-state index in [1.807, 2.05) is 0 Å². The quantitative estimate of drug-likeness (QED) is 0.516. The van der Waals surface area contributed by atoms with Crippen molar-refractivity contribution in [2.45, 2.75) is 79.1 Å². The Kier molecular flexibility index (Phi) is 71.8. The minimum atomic E-state index is 1.07. The third-order valence-corrected chi connectivity index (χ3v) is 1.41. The van der Waals surface area contributed by atoms with Gasteiger partial charge in [-0.05, 0) is 0 Å². The zero-order chi connectivity index (χ0) is 13.7. The Bertz CT molecular complexity index is 24.0. The van der Waals surface area contributed by atoms with Gasteiger partial charge >= 0.3 is 0 Å². The Hall–Kier alpha value is 0. The molecule has 0 N–H and O–H groups in total. The highest BCUT2D eigenvalue weighted by atomic mass is 13.6. The van der Waals surface area contributed by atoms with Crippen LogP contribution in [-0.4, -0.2) is 0 Å². The molecule has 0 unspecified atom stereocenters. The fraction of sp³-hybridized carbons (Fsp3) is 0.750. The molecule has 0 spiro atoms. The minimum Gasteiger partial charge on any atom is -0.0654 e. The van der Waals surface area contributed by atoms with Crippen molar-refractivity contribution >= 4 is 0 Å². The molecule has 4 radical (unpaired) electrons. The van der Waals surface area contributed by atoms with Crippen LogP contribution in [0, 0.1) is 27.7 Å². The number of unbranched alkanes of at least 4 members (excludes halogenated alkanes) is 4. The molecule has 0 aromatic rings. The molecular weight excluding hydrogens is 192 g/mol. The van der Waals surface area contributed by atoms with Crippen molar-refractivity contribution in [3.63, 3.8) is 0 Å². The van der Waals surface area contributed by atoms with Gasteiger partial charge in [-0.25, -0.2) is 0 Å². The Morgan fingerprint density at radius 2 is 0.500 bits per heavy atom. The normalized spacial score (nSPS) is 7.50. The third-order valence-electron chi connectivity index (χ3n) is 1.41. The van der Waals surface area contributed by atoms with Crippen molar-refractivity contribution in [3.05, 3.63) is 27.7 Å². The van der Waals surface area contributed by atoms with E-state index in [0.29, 0.717) is 0 Å². The standard InChI is InChI=1S/4C4H9/c4*1-3-4-2/h4*1,3-4H2,2H3. The van der Waals surface area contributed by atoms with Gasteiger partial charge < -0.3 is 0 Å². The summed E-state index contributed by atoms with van der Waals surface area (Å²) in [6, 6.07) is 0. The van der Waals surface area contributed by atoms with Crippen LogP contribution < -0.4 is 0 Å². The molecule has 0 aliphatic rings. The predicted octanol–water partition coefficient (Wildman–Crippen LogP) is 6.48. The summed E-state index contributed by atoms with van der Waals surface area (Å²) in [5.74, 6) is 0. The van der Waals surface area contributed by atoms with E-state index < -0.39 is 0 Å². The molecule has 0 aromatic carbocycles. The molecule has 0 rings (SSSR count). The van der Waals surface area contributed by atoms with Crippen molar-refractivity contribution in [1.82, 2.24) is 0 Å². The maximum Gasteiger partial charge on any atom is -0.0533 e. The Morgan fingerprint density at radius 3 is 0.500 bits per heavy atom. The molecule has 0 fully saturated rings. The molecule has 0 nitrogen and oxygen atoms in total. The minimum absolute atomic E-state index is 1.07. The lowest BCUT2D eigenvalue weighted by atomic mass is 10.4. The first-order valence-corrected chi connectivity index (χ1v) is 6.83. The molecule has 0 aromatic heterocycles. The second-order valence-electron chi connectivity index (χ2n) is 3.41. The zero-order valence-electron chi connectivity index (χ0n) is 12.5. The van der Waals surface area contributed by atoms with E-state index in [0.717, 1.165) is 25.7 Å². The highest BCUT2D eigenvalue weighted by Gasteiger charge is 1.57. The number of hydrogen-bond donors (Lipinski definition) is 0. The van der Waals surface area contributed by atoms with Crippen molar-refractivity contribution in [3.8, 4) is 0 Å². The lowest BCUT2D eigenvalue weighted by molar-refractivity contribution is 0.956. The van der Waals surface area contributed by atoms with Gasteiger partial charge in [0.2, 0.25) is 0 Å². The monoisotopic (exact) mass is 228 g/mol. The van der Waals surface area contributed by atoms with E-state index in [1.54, 1.807) is 0 Å². The van der Waals surface area contributed by atoms with Gasteiger partial charge in [0.25, 0.3) is 0 Å². The lowest BCUT2D eigenvalue weighted by Gasteiger charge is -1.67. The van der Waals surface area contributed by atoms with Crippen molar-refractivity contribution < 1.29 is 0 Å². The van der Waals surface area contributed by atoms with Crippen LogP contribution in [0.3, 0.4) is 0 Å². The molecule has 0 aliphatic carbocycles. The second-order valence-corrected chi connectivity index (χ2v) is 3.41. The average Bonchev–Trinajstić information content (AvgIpc) is 2.39. The lowest BCUT2D eigenvalue weighted by Crippen LogP contribution is -1.48. The summed E-state index contributed by atoms with van der Waals surface area (Å²) in [4.78, 5) is 0. The molecular formula is C16H36. The predicted molar refractivity (Wildman–Crippen MR) is 81.1 cm³/mol. The van der Waals surface area contributed by atoms with Crippen molar-refractivity contribution in [2.75, 3.05) is 0 Å². The first-order chi connectivity index (χ1) is 7.66. The van der Waals surface area contributed by atoms with Crippen LogP contribution in [0.2, 0.25) is 0 Å². The Labute approximate surface area is 107 Å². The number of rotatable bonds is 4. The van der Waals surface area contributed by atoms with Crippen LogP contribution in [0.4, 0.5) is 0 Å². The van der Waals surface area contributed by atoms with Gasteiger partial charge in [-0.15, -0.1) is 0 Å². The van der Waals surface area contributed by atoms with Crippen LogP contribution in [0.1, 0.15) is 79.1 Å². The van der Waals surface area contributed by atoms with Crippen LogP contribution in [-0.2, 0) is 0 Å². The summed E-state index contributed by atoms with van der Waals surface area (Å²) in [6.45, 7) is 22.9. The molecule has 100 valence electrons. The summed E-state index contributed by atoms with van der Waals surface area (Å²) in [5, 5.41) is 0. The van der Waals surface area contributed by atoms with Crippen molar-refractivity contribution in [2.24, 2.45) is 0 Å². The molecule has 0 atom stereocenters. The first kappa shape index (κ1) is 25.0. The van der Waals surface area contributed by atoms with E-state index >= 15 is 0 Å². The van der Waals surface area contributed by atoms with Crippen LogP contribution in [0.5, 0.6) is 0 Å². The van der Waals surface area contributed by atoms with Gasteiger partial charge in [0.15, 0.2) is 0 Å². The fourth-order valence-corrected chi connectivity index (χ4v) is 0. The molecule has 0 heterocycles. The fourth-order valence-electron chi connectivity index (χ4n) is 0. The topological polar surface area (TPSA) is 0 Å². The molecule has 0 saturated carbocycles. The highest BCUT2D eigenvalue weighted by molar-refractivity contribution is 4.30. The van der Waals surface area contributed by atoms with Gasteiger partial charge in [0.05, 0.1) is 0 Å². The first-order valence-electron chi connectivity index (χ1n) is 6.83. The summed E-state index contributed by atoms with van der Waals surface area (Å²) in [5.41, 5.74) is 0. The van der Waals surface area contributed by atoms with Gasteiger partial charge in [0, 0.05) is 0 Å². The van der Waals surface area contributed by atoms with Gasteiger partial charge in [-0.2, -0.15) is 0 Å². The van der Waals surface area contributed by atoms with E-state index in [9.17, 15) is 0 Å². The molecule has 0 heteroatoms. The Balaban J connectivity index is -0.0000000600. The zero-order valence-corrected chi connectivity index (χ0v) is 12.5. The maximum atomic E-state index is 3.60. The highest BCUT2D eigenvalue weighted by Crippen LogP contribution is 1.77.